The van der Waals surface area contributed by atoms with Crippen LogP contribution >= 0.6 is 0 Å². The lowest BCUT2D eigenvalue weighted by Crippen LogP contribution is -2.38. The van der Waals surface area contributed by atoms with Crippen molar-refractivity contribution in [1.29, 1.82) is 0 Å². The summed E-state index contributed by atoms with van der Waals surface area (Å²) in [7, 11) is -7.24. The lowest BCUT2D eigenvalue weighted by molar-refractivity contribution is 0.577. The maximum Gasteiger partial charge on any atom is 0.240 e. The Morgan fingerprint density at radius 1 is 0.962 bits per heavy atom. The lowest BCUT2D eigenvalue weighted by Gasteiger charge is -2.25. The summed E-state index contributed by atoms with van der Waals surface area (Å²) < 4.78 is 53.1. The van der Waals surface area contributed by atoms with Crippen LogP contribution < -0.4 is 9.03 Å². The van der Waals surface area contributed by atoms with E-state index in [9.17, 15) is 16.8 Å². The quantitative estimate of drug-likeness (QED) is 0.742. The van der Waals surface area contributed by atoms with Crippen molar-refractivity contribution in [3.63, 3.8) is 0 Å². The molecule has 26 heavy (non-hydrogen) atoms. The van der Waals surface area contributed by atoms with Gasteiger partial charge in [0, 0.05) is 13.1 Å². The van der Waals surface area contributed by atoms with E-state index >= 15 is 0 Å². The van der Waals surface area contributed by atoms with Gasteiger partial charge in [0.25, 0.3) is 0 Å². The van der Waals surface area contributed by atoms with Crippen LogP contribution in [0, 0.1) is 6.92 Å². The molecular weight excluding hydrogens is 372 g/mol. The molecule has 2 aromatic rings. The van der Waals surface area contributed by atoms with E-state index in [0.717, 1.165) is 11.8 Å². The fraction of sp³-hybridized carbons (Fsp3) is 0.333. The van der Waals surface area contributed by atoms with Crippen LogP contribution in [0.5, 0.6) is 0 Å². The normalized spacial score (nSPS) is 12.1. The molecule has 2 aromatic carbocycles. The monoisotopic (exact) mass is 396 g/mol. The topological polar surface area (TPSA) is 83.6 Å². The van der Waals surface area contributed by atoms with E-state index in [0.29, 0.717) is 17.7 Å². The largest absolute Gasteiger partial charge is 0.269 e. The van der Waals surface area contributed by atoms with E-state index in [-0.39, 0.29) is 18.0 Å². The second kappa shape index (κ2) is 8.20. The molecule has 6 nitrogen and oxygen atoms in total. The molecule has 0 aliphatic rings. The molecule has 1 N–H and O–H groups in total. The van der Waals surface area contributed by atoms with Crippen molar-refractivity contribution < 1.29 is 16.8 Å². The molecule has 0 radical (unpaired) electrons. The van der Waals surface area contributed by atoms with Crippen molar-refractivity contribution in [2.75, 3.05) is 23.7 Å². The molecule has 8 heteroatoms. The first-order valence-corrected chi connectivity index (χ1v) is 11.6. The average molecular weight is 397 g/mol. The third kappa shape index (κ3) is 4.84. The number of nitrogens with one attached hydrogen (secondary N) is 1. The number of hydrogen-bond donors (Lipinski definition) is 1. The van der Waals surface area contributed by atoms with Crippen LogP contribution in [0.1, 0.15) is 18.1 Å². The molecule has 0 amide bonds. The summed E-state index contributed by atoms with van der Waals surface area (Å²) in [6, 6.07) is 13.9. The Morgan fingerprint density at radius 3 is 2.19 bits per heavy atom. The van der Waals surface area contributed by atoms with Crippen LogP contribution in [0.3, 0.4) is 0 Å². The summed E-state index contributed by atoms with van der Waals surface area (Å²) >= 11 is 0. The summed E-state index contributed by atoms with van der Waals surface area (Å²) in [5, 5.41) is 0. The van der Waals surface area contributed by atoms with Crippen molar-refractivity contribution in [3.8, 4) is 0 Å². The third-order valence-electron chi connectivity index (χ3n) is 4.03. The number of aryl methyl sites for hydroxylation is 2. The van der Waals surface area contributed by atoms with Crippen molar-refractivity contribution in [3.05, 3.63) is 59.7 Å². The highest BCUT2D eigenvalue weighted by Crippen LogP contribution is 2.23. The molecule has 0 heterocycles. The van der Waals surface area contributed by atoms with Gasteiger partial charge < -0.3 is 0 Å². The third-order valence-corrected chi connectivity index (χ3v) is 6.83. The maximum atomic E-state index is 12.5. The predicted octanol–water partition coefficient (Wildman–Crippen LogP) is 2.30. The second-order valence-electron chi connectivity index (χ2n) is 5.98. The Hall–Kier alpha value is -1.90. The molecule has 0 aromatic heterocycles. The molecule has 0 aliphatic heterocycles. The van der Waals surface area contributed by atoms with E-state index < -0.39 is 20.0 Å². The van der Waals surface area contributed by atoms with Gasteiger partial charge in [-0.2, -0.15) is 0 Å². The molecule has 0 aliphatic carbocycles. The van der Waals surface area contributed by atoms with Gasteiger partial charge in [-0.25, -0.2) is 21.6 Å². The second-order valence-corrected chi connectivity index (χ2v) is 9.62. The number of para-hydroxylation sites is 1. The minimum Gasteiger partial charge on any atom is -0.269 e. The van der Waals surface area contributed by atoms with Crippen molar-refractivity contribution in [2.24, 2.45) is 0 Å². The van der Waals surface area contributed by atoms with Gasteiger partial charge in [0.15, 0.2) is 0 Å². The summed E-state index contributed by atoms with van der Waals surface area (Å²) in [5.74, 6) is 0. The van der Waals surface area contributed by atoms with Gasteiger partial charge in [-0.05, 0) is 36.6 Å². The van der Waals surface area contributed by atoms with Crippen molar-refractivity contribution in [1.82, 2.24) is 4.72 Å². The van der Waals surface area contributed by atoms with Crippen LogP contribution in [0.15, 0.2) is 53.4 Å². The minimum atomic E-state index is -3.70. The first kappa shape index (κ1) is 20.4. The molecule has 142 valence electrons. The van der Waals surface area contributed by atoms with E-state index in [4.69, 9.17) is 0 Å². The SMILES string of the molecule is CCc1ccccc1N(CCNS(=O)(=O)c1ccccc1C)S(C)(=O)=O. The van der Waals surface area contributed by atoms with Crippen molar-refractivity contribution >= 4 is 25.7 Å². The summed E-state index contributed by atoms with van der Waals surface area (Å²) in [6.07, 6.45) is 1.80. The van der Waals surface area contributed by atoms with Crippen LogP contribution in [-0.2, 0) is 26.5 Å². The number of nitrogens with zero attached hydrogens (tertiary/aromatic N) is 1. The van der Waals surface area contributed by atoms with Crippen LogP contribution in [0.2, 0.25) is 0 Å². The van der Waals surface area contributed by atoms with Gasteiger partial charge in [-0.1, -0.05) is 43.3 Å². The zero-order valence-electron chi connectivity index (χ0n) is 15.1. The molecule has 0 bridgehead atoms. The highest BCUT2D eigenvalue weighted by atomic mass is 32.2. The number of hydrogen-bond acceptors (Lipinski definition) is 4. The average Bonchev–Trinajstić information content (AvgIpc) is 2.58. The number of rotatable bonds is 8. The standard InChI is InChI=1S/C18H24N2O4S2/c1-4-16-10-6-7-11-17(16)20(25(3,21)22)14-13-19-26(23,24)18-12-8-5-9-15(18)2/h5-12,19H,4,13-14H2,1-3H3. The van der Waals surface area contributed by atoms with Crippen LogP contribution in [-0.4, -0.2) is 36.2 Å². The number of anilines is 1. The van der Waals surface area contributed by atoms with E-state index in [1.165, 1.54) is 10.4 Å². The molecule has 0 saturated carbocycles. The Kier molecular flexibility index (Phi) is 6.44. The van der Waals surface area contributed by atoms with Gasteiger partial charge in [0.05, 0.1) is 16.8 Å². The summed E-state index contributed by atoms with van der Waals surface area (Å²) in [6.45, 7) is 3.65. The highest BCUT2D eigenvalue weighted by molar-refractivity contribution is 7.92. The van der Waals surface area contributed by atoms with Gasteiger partial charge in [0.1, 0.15) is 0 Å². The van der Waals surface area contributed by atoms with Gasteiger partial charge >= 0.3 is 0 Å². The van der Waals surface area contributed by atoms with Gasteiger partial charge in [-0.3, -0.25) is 4.31 Å². The molecule has 2 rings (SSSR count). The van der Waals surface area contributed by atoms with Gasteiger partial charge in [-0.15, -0.1) is 0 Å². The first-order valence-electron chi connectivity index (χ1n) is 8.27. The maximum absolute atomic E-state index is 12.5. The van der Waals surface area contributed by atoms with Crippen molar-refractivity contribution in [2.45, 2.75) is 25.2 Å². The van der Waals surface area contributed by atoms with Crippen LogP contribution in [0.25, 0.3) is 0 Å². The zero-order chi connectivity index (χ0) is 19.4. The van der Waals surface area contributed by atoms with E-state index in [2.05, 4.69) is 4.72 Å². The minimum absolute atomic E-state index is 0.0148. The Balaban J connectivity index is 2.20. The molecular formula is C18H24N2O4S2. The number of benzene rings is 2. The fourth-order valence-electron chi connectivity index (χ4n) is 2.74. The summed E-state index contributed by atoms with van der Waals surface area (Å²) in [4.78, 5) is 0.194. The Labute approximate surface area is 156 Å². The molecule has 0 fully saturated rings. The molecule has 0 atom stereocenters. The summed E-state index contributed by atoms with van der Waals surface area (Å²) in [5.41, 5.74) is 2.10. The van der Waals surface area contributed by atoms with E-state index in [1.54, 1.807) is 37.3 Å². The molecule has 0 unspecified atom stereocenters. The Morgan fingerprint density at radius 2 is 1.58 bits per heavy atom. The zero-order valence-corrected chi connectivity index (χ0v) is 16.8. The molecule has 0 spiro atoms. The number of sulfonamides is 2. The van der Waals surface area contributed by atoms with E-state index in [1.807, 2.05) is 19.1 Å². The van der Waals surface area contributed by atoms with Gasteiger partial charge in [0.2, 0.25) is 20.0 Å². The lowest BCUT2D eigenvalue weighted by atomic mass is 10.1. The first-order chi connectivity index (χ1) is 12.2. The predicted molar refractivity (Wildman–Crippen MR) is 104 cm³/mol. The Bertz CT molecular complexity index is 970. The molecule has 0 saturated heterocycles. The smallest absolute Gasteiger partial charge is 0.240 e. The van der Waals surface area contributed by atoms with Crippen LogP contribution in [0.4, 0.5) is 5.69 Å². The highest BCUT2D eigenvalue weighted by Gasteiger charge is 2.21. The fourth-order valence-corrected chi connectivity index (χ4v) is 4.96.